The van der Waals surface area contributed by atoms with Crippen LogP contribution in [0.5, 0.6) is 0 Å². The van der Waals surface area contributed by atoms with E-state index >= 15 is 0 Å². The summed E-state index contributed by atoms with van der Waals surface area (Å²) >= 11 is 0. The molecule has 2 rings (SSSR count). The van der Waals surface area contributed by atoms with Crippen LogP contribution in [0.2, 0.25) is 0 Å². The zero-order valence-corrected chi connectivity index (χ0v) is 9.72. The van der Waals surface area contributed by atoms with E-state index in [2.05, 4.69) is 4.98 Å². The highest BCUT2D eigenvalue weighted by Crippen LogP contribution is 2.33. The topological polar surface area (TPSA) is 59.1 Å². The van der Waals surface area contributed by atoms with E-state index < -0.39 is 47.0 Å². The van der Waals surface area contributed by atoms with E-state index in [1.54, 1.807) is 0 Å². The Morgan fingerprint density at radius 1 is 0.900 bits per heavy atom. The van der Waals surface area contributed by atoms with Crippen LogP contribution in [-0.2, 0) is 6.61 Å². The van der Waals surface area contributed by atoms with Crippen LogP contribution < -0.4 is 5.73 Å². The van der Waals surface area contributed by atoms with E-state index in [1.807, 2.05) is 0 Å². The lowest BCUT2D eigenvalue weighted by Gasteiger charge is -2.10. The van der Waals surface area contributed by atoms with Gasteiger partial charge in [0.1, 0.15) is 0 Å². The summed E-state index contributed by atoms with van der Waals surface area (Å²) < 4.78 is 66.4. The van der Waals surface area contributed by atoms with Gasteiger partial charge in [-0.25, -0.2) is 26.9 Å². The number of nitrogen functional groups attached to an aromatic ring is 1. The Labute approximate surface area is 109 Å². The first-order chi connectivity index (χ1) is 9.38. The lowest BCUT2D eigenvalue weighted by molar-refractivity contribution is 0.277. The van der Waals surface area contributed by atoms with Crippen molar-refractivity contribution in [3.8, 4) is 11.3 Å². The van der Waals surface area contributed by atoms with Gasteiger partial charge in [0.05, 0.1) is 29.2 Å². The highest BCUT2D eigenvalue weighted by Gasteiger charge is 2.28. The number of anilines is 1. The summed E-state index contributed by atoms with van der Waals surface area (Å²) in [6, 6.07) is 2.40. The molecule has 106 valence electrons. The molecular formula is C12H7F5N2O. The zero-order chi connectivity index (χ0) is 15.0. The summed E-state index contributed by atoms with van der Waals surface area (Å²) in [6.45, 7) is -0.581. The van der Waals surface area contributed by atoms with Gasteiger partial charge >= 0.3 is 0 Å². The van der Waals surface area contributed by atoms with Gasteiger partial charge in [0.15, 0.2) is 23.3 Å². The number of hydrogen-bond donors (Lipinski definition) is 2. The second-order valence-electron chi connectivity index (χ2n) is 3.84. The molecule has 20 heavy (non-hydrogen) atoms. The van der Waals surface area contributed by atoms with Gasteiger partial charge in [-0.1, -0.05) is 0 Å². The van der Waals surface area contributed by atoms with Crippen molar-refractivity contribution in [1.82, 2.24) is 4.98 Å². The molecule has 0 aliphatic heterocycles. The fourth-order valence-electron chi connectivity index (χ4n) is 1.61. The average molecular weight is 290 g/mol. The standard InChI is InChI=1S/C12H7F5N2O/c13-7-6(8(14)10(16)11(17)9(7)15)12-5(18)2-1-4(3-20)19-12/h1-2,20H,3,18H2. The Kier molecular flexibility index (Phi) is 3.58. The maximum absolute atomic E-state index is 13.6. The first kappa shape index (κ1) is 14.2. The average Bonchev–Trinajstić information content (AvgIpc) is 2.45. The van der Waals surface area contributed by atoms with Crippen LogP contribution in [0.15, 0.2) is 12.1 Å². The molecule has 1 aromatic carbocycles. The lowest BCUT2D eigenvalue weighted by atomic mass is 10.1. The normalized spacial score (nSPS) is 10.9. The fraction of sp³-hybridized carbons (Fsp3) is 0.0833. The molecule has 0 spiro atoms. The largest absolute Gasteiger partial charge is 0.397 e. The Hall–Kier alpha value is -2.22. The van der Waals surface area contributed by atoms with Gasteiger partial charge in [-0.3, -0.25) is 0 Å². The predicted octanol–water partition coefficient (Wildman–Crippen LogP) is 2.52. The van der Waals surface area contributed by atoms with E-state index in [0.717, 1.165) is 6.07 Å². The summed E-state index contributed by atoms with van der Waals surface area (Å²) in [5.74, 6) is -10.5. The second-order valence-corrected chi connectivity index (χ2v) is 3.84. The molecule has 0 atom stereocenters. The van der Waals surface area contributed by atoms with Crippen molar-refractivity contribution < 1.29 is 27.1 Å². The maximum atomic E-state index is 13.6. The molecule has 1 aromatic heterocycles. The van der Waals surface area contributed by atoms with Crippen LogP contribution in [0.1, 0.15) is 5.69 Å². The summed E-state index contributed by atoms with van der Waals surface area (Å²) in [5, 5.41) is 8.89. The molecule has 2 aromatic rings. The number of aliphatic hydroxyl groups is 1. The number of hydrogen-bond acceptors (Lipinski definition) is 3. The third kappa shape index (κ3) is 2.07. The van der Waals surface area contributed by atoms with Crippen molar-refractivity contribution in [2.24, 2.45) is 0 Å². The smallest absolute Gasteiger partial charge is 0.200 e. The van der Waals surface area contributed by atoms with Crippen molar-refractivity contribution in [3.63, 3.8) is 0 Å². The molecule has 8 heteroatoms. The van der Waals surface area contributed by atoms with Crippen molar-refractivity contribution in [2.45, 2.75) is 6.61 Å². The minimum atomic E-state index is -2.26. The molecule has 0 aliphatic carbocycles. The van der Waals surface area contributed by atoms with E-state index in [9.17, 15) is 22.0 Å². The third-order valence-electron chi connectivity index (χ3n) is 2.59. The van der Waals surface area contributed by atoms with Crippen LogP contribution in [0.4, 0.5) is 27.6 Å². The number of aromatic nitrogens is 1. The van der Waals surface area contributed by atoms with Gasteiger partial charge in [-0.05, 0) is 12.1 Å². The van der Waals surface area contributed by atoms with E-state index in [-0.39, 0.29) is 11.4 Å². The van der Waals surface area contributed by atoms with Crippen LogP contribution >= 0.6 is 0 Å². The summed E-state index contributed by atoms with van der Waals surface area (Å²) in [6.07, 6.45) is 0. The van der Waals surface area contributed by atoms with Crippen molar-refractivity contribution in [2.75, 3.05) is 5.73 Å². The van der Waals surface area contributed by atoms with Gasteiger partial charge in [0, 0.05) is 0 Å². The molecule has 0 radical (unpaired) electrons. The molecule has 3 N–H and O–H groups in total. The maximum Gasteiger partial charge on any atom is 0.200 e. The lowest BCUT2D eigenvalue weighted by Crippen LogP contribution is -2.07. The van der Waals surface area contributed by atoms with E-state index in [4.69, 9.17) is 10.8 Å². The Morgan fingerprint density at radius 3 is 1.90 bits per heavy atom. The minimum absolute atomic E-state index is 0.0295. The number of nitrogens with two attached hydrogens (primary N) is 1. The number of benzene rings is 1. The summed E-state index contributed by atoms with van der Waals surface area (Å²) in [5.41, 5.74) is 3.27. The number of halogens is 5. The van der Waals surface area contributed by atoms with Crippen LogP contribution in [0, 0.1) is 29.1 Å². The van der Waals surface area contributed by atoms with E-state index in [0.29, 0.717) is 0 Å². The molecule has 0 saturated heterocycles. The Bertz CT molecular complexity index is 661. The number of aliphatic hydroxyl groups excluding tert-OH is 1. The third-order valence-corrected chi connectivity index (χ3v) is 2.59. The molecule has 0 unspecified atom stereocenters. The minimum Gasteiger partial charge on any atom is -0.397 e. The predicted molar refractivity (Wildman–Crippen MR) is 59.8 cm³/mol. The number of pyridine rings is 1. The van der Waals surface area contributed by atoms with Crippen molar-refractivity contribution in [3.05, 3.63) is 46.9 Å². The molecule has 0 saturated carbocycles. The molecule has 0 aliphatic rings. The SMILES string of the molecule is Nc1ccc(CO)nc1-c1c(F)c(F)c(F)c(F)c1F. The van der Waals surface area contributed by atoms with Gasteiger partial charge in [-0.15, -0.1) is 0 Å². The molecule has 0 bridgehead atoms. The van der Waals surface area contributed by atoms with Crippen LogP contribution in [-0.4, -0.2) is 10.1 Å². The van der Waals surface area contributed by atoms with Gasteiger partial charge < -0.3 is 10.8 Å². The Morgan fingerprint density at radius 2 is 1.40 bits per heavy atom. The fourth-order valence-corrected chi connectivity index (χ4v) is 1.61. The quantitative estimate of drug-likeness (QED) is 0.507. The van der Waals surface area contributed by atoms with Crippen LogP contribution in [0.25, 0.3) is 11.3 Å². The van der Waals surface area contributed by atoms with Crippen LogP contribution in [0.3, 0.4) is 0 Å². The van der Waals surface area contributed by atoms with E-state index in [1.165, 1.54) is 6.07 Å². The molecule has 0 fully saturated rings. The molecular weight excluding hydrogens is 283 g/mol. The van der Waals surface area contributed by atoms with Crippen molar-refractivity contribution >= 4 is 5.69 Å². The molecule has 1 heterocycles. The second kappa shape index (κ2) is 5.04. The zero-order valence-electron chi connectivity index (χ0n) is 9.72. The van der Waals surface area contributed by atoms with Gasteiger partial charge in [0.25, 0.3) is 0 Å². The van der Waals surface area contributed by atoms with Gasteiger partial charge in [0.2, 0.25) is 5.82 Å². The van der Waals surface area contributed by atoms with Gasteiger partial charge in [-0.2, -0.15) is 0 Å². The van der Waals surface area contributed by atoms with Crippen molar-refractivity contribution in [1.29, 1.82) is 0 Å². The number of nitrogens with zero attached hydrogens (tertiary/aromatic N) is 1. The number of rotatable bonds is 2. The first-order valence-corrected chi connectivity index (χ1v) is 5.26. The summed E-state index contributed by atoms with van der Waals surface area (Å²) in [7, 11) is 0. The molecule has 0 amide bonds. The monoisotopic (exact) mass is 290 g/mol. The highest BCUT2D eigenvalue weighted by molar-refractivity contribution is 5.73. The summed E-state index contributed by atoms with van der Waals surface area (Å²) in [4.78, 5) is 3.58. The highest BCUT2D eigenvalue weighted by atomic mass is 19.2. The molecule has 3 nitrogen and oxygen atoms in total. The Balaban J connectivity index is 2.83. The first-order valence-electron chi connectivity index (χ1n) is 5.26.